The van der Waals surface area contributed by atoms with Crippen LogP contribution in [0.1, 0.15) is 17.5 Å². The molecule has 0 fully saturated rings. The van der Waals surface area contributed by atoms with Crippen molar-refractivity contribution in [3.8, 4) is 28.5 Å². The van der Waals surface area contributed by atoms with Crippen molar-refractivity contribution in [3.63, 3.8) is 0 Å². The highest BCUT2D eigenvalue weighted by Gasteiger charge is 2.20. The number of benzene rings is 1. The van der Waals surface area contributed by atoms with Crippen LogP contribution >= 0.6 is 0 Å². The van der Waals surface area contributed by atoms with Crippen LogP contribution in [-0.4, -0.2) is 29.7 Å². The Kier molecular flexibility index (Phi) is 3.64. The van der Waals surface area contributed by atoms with Crippen LogP contribution < -0.4 is 5.73 Å². The highest BCUT2D eigenvalue weighted by atomic mass is 15.3. The number of nitrogens with two attached hydrogens (primary N) is 1. The van der Waals surface area contributed by atoms with Gasteiger partial charge in [0.2, 0.25) is 0 Å². The average molecular weight is 355 g/mol. The van der Waals surface area contributed by atoms with Gasteiger partial charge in [0.15, 0.2) is 17.3 Å². The molecule has 0 unspecified atom stereocenters. The Morgan fingerprint density at radius 1 is 1.04 bits per heavy atom. The smallest absolute Gasteiger partial charge is 0.190 e. The van der Waals surface area contributed by atoms with Gasteiger partial charge in [0.1, 0.15) is 6.33 Å². The highest BCUT2D eigenvalue weighted by molar-refractivity contribution is 5.70. The normalized spacial score (nSPS) is 12.9. The minimum Gasteiger partial charge on any atom is -0.382 e. The van der Waals surface area contributed by atoms with Crippen LogP contribution in [0.5, 0.6) is 0 Å². The molecule has 7 heteroatoms. The molecule has 0 saturated heterocycles. The highest BCUT2D eigenvalue weighted by Crippen LogP contribution is 2.31. The molecule has 0 amide bonds. The Bertz CT molecular complexity index is 1120. The van der Waals surface area contributed by atoms with E-state index in [4.69, 9.17) is 10.7 Å². The van der Waals surface area contributed by atoms with E-state index in [1.807, 2.05) is 16.7 Å². The van der Waals surface area contributed by atoms with Crippen molar-refractivity contribution in [1.82, 2.24) is 29.7 Å². The summed E-state index contributed by atoms with van der Waals surface area (Å²) >= 11 is 0. The van der Waals surface area contributed by atoms with Gasteiger partial charge in [0.05, 0.1) is 17.6 Å². The van der Waals surface area contributed by atoms with Crippen molar-refractivity contribution < 1.29 is 0 Å². The van der Waals surface area contributed by atoms with E-state index in [-0.39, 0.29) is 0 Å². The topological polar surface area (TPSA) is 95.4 Å². The summed E-state index contributed by atoms with van der Waals surface area (Å²) < 4.78 is 1.96. The summed E-state index contributed by atoms with van der Waals surface area (Å²) in [7, 11) is 0. The van der Waals surface area contributed by atoms with Crippen molar-refractivity contribution in [3.05, 3.63) is 66.4 Å². The van der Waals surface area contributed by atoms with Gasteiger partial charge in [-0.1, -0.05) is 12.1 Å². The minimum atomic E-state index is 0.324. The molecule has 0 spiro atoms. The first-order valence-corrected chi connectivity index (χ1v) is 8.86. The zero-order valence-electron chi connectivity index (χ0n) is 14.6. The van der Waals surface area contributed by atoms with Gasteiger partial charge >= 0.3 is 0 Å². The molecule has 0 atom stereocenters. The van der Waals surface area contributed by atoms with Crippen LogP contribution in [0.25, 0.3) is 28.5 Å². The largest absolute Gasteiger partial charge is 0.382 e. The van der Waals surface area contributed by atoms with Gasteiger partial charge < -0.3 is 5.73 Å². The molecule has 1 aliphatic carbocycles. The first kappa shape index (κ1) is 15.6. The molecule has 1 aliphatic rings. The van der Waals surface area contributed by atoms with Gasteiger partial charge in [-0.15, -0.1) is 10.2 Å². The molecule has 3 aromatic heterocycles. The van der Waals surface area contributed by atoms with E-state index in [0.29, 0.717) is 23.0 Å². The summed E-state index contributed by atoms with van der Waals surface area (Å²) in [6.07, 6.45) is 10.2. The molecule has 0 saturated carbocycles. The predicted octanol–water partition coefficient (Wildman–Crippen LogP) is 2.86. The predicted molar refractivity (Wildman–Crippen MR) is 102 cm³/mol. The summed E-state index contributed by atoms with van der Waals surface area (Å²) in [6.45, 7) is 0. The number of fused-ring (bicyclic) bond motifs is 1. The van der Waals surface area contributed by atoms with E-state index in [1.165, 1.54) is 17.5 Å². The number of aryl methyl sites for hydroxylation is 1. The number of hydrogen-bond donors (Lipinski definition) is 1. The van der Waals surface area contributed by atoms with E-state index < -0.39 is 0 Å². The number of anilines is 1. The van der Waals surface area contributed by atoms with Crippen LogP contribution in [-0.2, 0) is 12.8 Å². The molecule has 3 heterocycles. The average Bonchev–Trinajstić information content (AvgIpc) is 3.38. The third-order valence-electron chi connectivity index (χ3n) is 4.90. The van der Waals surface area contributed by atoms with Gasteiger partial charge in [-0.3, -0.25) is 9.55 Å². The lowest BCUT2D eigenvalue weighted by atomic mass is 10.1. The minimum absolute atomic E-state index is 0.324. The Labute approximate surface area is 156 Å². The second kappa shape index (κ2) is 6.28. The number of rotatable bonds is 3. The fraction of sp³-hybridized carbons (Fsp3) is 0.150. The molecule has 4 aromatic rings. The van der Waals surface area contributed by atoms with Gasteiger partial charge in [0, 0.05) is 18.0 Å². The Hall–Kier alpha value is -3.61. The maximum atomic E-state index is 6.15. The van der Waals surface area contributed by atoms with E-state index in [0.717, 1.165) is 24.1 Å². The van der Waals surface area contributed by atoms with Crippen molar-refractivity contribution in [2.75, 3.05) is 5.73 Å². The van der Waals surface area contributed by atoms with E-state index in [2.05, 4.69) is 38.4 Å². The number of aromatic nitrogens is 6. The third kappa shape index (κ3) is 2.64. The van der Waals surface area contributed by atoms with E-state index in [9.17, 15) is 0 Å². The molecule has 7 nitrogen and oxygen atoms in total. The number of hydrogen-bond acceptors (Lipinski definition) is 6. The molecular formula is C20H17N7. The molecule has 5 rings (SSSR count). The molecule has 0 radical (unpaired) electrons. The summed E-state index contributed by atoms with van der Waals surface area (Å²) in [5.74, 6) is 0.913. The Morgan fingerprint density at radius 3 is 2.89 bits per heavy atom. The zero-order chi connectivity index (χ0) is 18.2. The van der Waals surface area contributed by atoms with Gasteiger partial charge in [-0.05, 0) is 48.6 Å². The quantitative estimate of drug-likeness (QED) is 0.607. The number of nitrogen functional groups attached to an aromatic ring is 1. The molecule has 2 N–H and O–H groups in total. The van der Waals surface area contributed by atoms with Crippen LogP contribution in [0.15, 0.2) is 55.2 Å². The van der Waals surface area contributed by atoms with Gasteiger partial charge in [-0.25, -0.2) is 9.97 Å². The van der Waals surface area contributed by atoms with Crippen LogP contribution in [0.4, 0.5) is 5.82 Å². The standard InChI is InChI=1S/C20H17N7/c21-19-18(25-16(11-23-19)14-6-3-9-22-10-14)20-26-24-12-27(20)17-8-2-5-13-4-1-7-15(13)17/h2-3,5-6,8-12H,1,4,7H2,(H2,21,23). The second-order valence-corrected chi connectivity index (χ2v) is 6.52. The van der Waals surface area contributed by atoms with Crippen molar-refractivity contribution in [1.29, 1.82) is 0 Å². The van der Waals surface area contributed by atoms with Crippen LogP contribution in [0.3, 0.4) is 0 Å². The number of pyridine rings is 1. The molecule has 132 valence electrons. The van der Waals surface area contributed by atoms with Crippen molar-refractivity contribution >= 4 is 5.82 Å². The summed E-state index contributed by atoms with van der Waals surface area (Å²) in [6, 6.07) is 10.2. The zero-order valence-corrected chi connectivity index (χ0v) is 14.6. The van der Waals surface area contributed by atoms with Crippen molar-refractivity contribution in [2.24, 2.45) is 0 Å². The van der Waals surface area contributed by atoms with Crippen LogP contribution in [0, 0.1) is 0 Å². The molecular weight excluding hydrogens is 338 g/mol. The summed E-state index contributed by atoms with van der Waals surface area (Å²) in [4.78, 5) is 13.2. The number of nitrogens with zero attached hydrogens (tertiary/aromatic N) is 6. The monoisotopic (exact) mass is 355 g/mol. The SMILES string of the molecule is Nc1ncc(-c2cccnc2)nc1-c1nncn1-c1cccc2c1CCC2. The van der Waals surface area contributed by atoms with E-state index >= 15 is 0 Å². The lowest BCUT2D eigenvalue weighted by Crippen LogP contribution is -2.05. The lowest BCUT2D eigenvalue weighted by Gasteiger charge is -2.12. The molecule has 1 aromatic carbocycles. The van der Waals surface area contributed by atoms with Crippen LogP contribution in [0.2, 0.25) is 0 Å². The fourth-order valence-corrected chi connectivity index (χ4v) is 3.61. The first-order valence-electron chi connectivity index (χ1n) is 8.86. The first-order chi connectivity index (χ1) is 13.3. The molecule has 0 aliphatic heterocycles. The van der Waals surface area contributed by atoms with E-state index in [1.54, 1.807) is 24.9 Å². The molecule has 0 bridgehead atoms. The lowest BCUT2D eigenvalue weighted by molar-refractivity contribution is 0.904. The fourth-order valence-electron chi connectivity index (χ4n) is 3.61. The van der Waals surface area contributed by atoms with Crippen molar-refractivity contribution in [2.45, 2.75) is 19.3 Å². The summed E-state index contributed by atoms with van der Waals surface area (Å²) in [5.41, 5.74) is 12.0. The van der Waals surface area contributed by atoms with Gasteiger partial charge in [0.25, 0.3) is 0 Å². The maximum absolute atomic E-state index is 6.15. The maximum Gasteiger partial charge on any atom is 0.190 e. The summed E-state index contributed by atoms with van der Waals surface area (Å²) in [5, 5.41) is 8.42. The molecule has 27 heavy (non-hydrogen) atoms. The Morgan fingerprint density at radius 2 is 2.00 bits per heavy atom. The second-order valence-electron chi connectivity index (χ2n) is 6.52. The Balaban J connectivity index is 1.66. The third-order valence-corrected chi connectivity index (χ3v) is 4.90. The van der Waals surface area contributed by atoms with Gasteiger partial charge in [-0.2, -0.15) is 0 Å².